The van der Waals surface area contributed by atoms with Crippen LogP contribution in [0.4, 0.5) is 5.69 Å². The van der Waals surface area contributed by atoms with Crippen molar-refractivity contribution >= 4 is 17.7 Å². The van der Waals surface area contributed by atoms with E-state index in [4.69, 9.17) is 0 Å². The van der Waals surface area contributed by atoms with Crippen molar-refractivity contribution in [3.05, 3.63) is 81.4 Å². The van der Waals surface area contributed by atoms with Gasteiger partial charge in [0.1, 0.15) is 6.54 Å². The zero-order chi connectivity index (χ0) is 19.1. The maximum atomic E-state index is 12.0. The first-order valence-electron chi connectivity index (χ1n) is 9.22. The van der Waals surface area contributed by atoms with Gasteiger partial charge in [0.15, 0.2) is 0 Å². The van der Waals surface area contributed by atoms with Crippen molar-refractivity contribution in [2.45, 2.75) is 25.9 Å². The van der Waals surface area contributed by atoms with Gasteiger partial charge in [-0.05, 0) is 17.2 Å². The lowest BCUT2D eigenvalue weighted by Gasteiger charge is -2.12. The van der Waals surface area contributed by atoms with Gasteiger partial charge in [-0.15, -0.1) is 0 Å². The van der Waals surface area contributed by atoms with Gasteiger partial charge in [0.05, 0.1) is 18.0 Å². The summed E-state index contributed by atoms with van der Waals surface area (Å²) in [5, 5.41) is 13.6. The molecule has 2 aromatic rings. The van der Waals surface area contributed by atoms with Gasteiger partial charge in [-0.1, -0.05) is 36.4 Å². The summed E-state index contributed by atoms with van der Waals surface area (Å²) >= 11 is 0. The fourth-order valence-electron chi connectivity index (χ4n) is 3.28. The number of quaternary nitrogens is 1. The Bertz CT molecular complexity index is 825. The number of carbonyl (C=O) groups is 1. The molecule has 1 saturated heterocycles. The van der Waals surface area contributed by atoms with E-state index in [0.717, 1.165) is 12.1 Å². The molecular formula is C21H24N3O3+. The number of hydrogen-bond donors (Lipinski definition) is 2. The quantitative estimate of drug-likeness (QED) is 0.448. The second kappa shape index (κ2) is 9.09. The Labute approximate surface area is 158 Å². The minimum absolute atomic E-state index is 0.00779. The van der Waals surface area contributed by atoms with Crippen molar-refractivity contribution in [3.63, 3.8) is 0 Å². The lowest BCUT2D eigenvalue weighted by Crippen LogP contribution is -3.08. The normalized spacial score (nSPS) is 14.5. The van der Waals surface area contributed by atoms with Gasteiger partial charge in [-0.25, -0.2) is 0 Å². The van der Waals surface area contributed by atoms with E-state index in [1.54, 1.807) is 23.1 Å². The second-order valence-electron chi connectivity index (χ2n) is 6.85. The summed E-state index contributed by atoms with van der Waals surface area (Å²) in [5.74, 6) is -0.230. The molecule has 1 fully saturated rings. The molecule has 0 bridgehead atoms. The van der Waals surface area contributed by atoms with Crippen LogP contribution >= 0.6 is 0 Å². The number of nitro groups is 1. The number of nitrogens with zero attached hydrogens (tertiary/aromatic N) is 1. The van der Waals surface area contributed by atoms with E-state index >= 15 is 0 Å². The predicted molar refractivity (Wildman–Crippen MR) is 104 cm³/mol. The average molecular weight is 366 g/mol. The third kappa shape index (κ3) is 5.76. The Morgan fingerprint density at radius 3 is 2.52 bits per heavy atom. The SMILES string of the molecule is O=C(/C=C/c1cccc([N+](=O)[O-])c1)NCc1ccc(C[NH+]2CCCC2)cc1. The fraction of sp³-hybridized carbons (Fsp3) is 0.286. The van der Waals surface area contributed by atoms with E-state index in [2.05, 4.69) is 29.6 Å². The van der Waals surface area contributed by atoms with Crippen LogP contribution in [0.3, 0.4) is 0 Å². The number of carbonyl (C=O) groups excluding carboxylic acids is 1. The minimum Gasteiger partial charge on any atom is -0.348 e. The van der Waals surface area contributed by atoms with E-state index in [1.807, 2.05) is 0 Å². The Morgan fingerprint density at radius 2 is 1.81 bits per heavy atom. The Hall–Kier alpha value is -2.99. The van der Waals surface area contributed by atoms with Crippen LogP contribution in [0.15, 0.2) is 54.6 Å². The molecule has 0 atom stereocenters. The minimum atomic E-state index is -0.452. The van der Waals surface area contributed by atoms with Crippen molar-refractivity contribution in [1.82, 2.24) is 5.32 Å². The summed E-state index contributed by atoms with van der Waals surface area (Å²) in [6.07, 6.45) is 5.61. The molecule has 0 radical (unpaired) electrons. The van der Waals surface area contributed by atoms with E-state index in [9.17, 15) is 14.9 Å². The van der Waals surface area contributed by atoms with Gasteiger partial charge in [0, 0.05) is 43.2 Å². The van der Waals surface area contributed by atoms with Crippen molar-refractivity contribution in [1.29, 1.82) is 0 Å². The highest BCUT2D eigenvalue weighted by Crippen LogP contribution is 2.14. The van der Waals surface area contributed by atoms with Crippen molar-refractivity contribution in [2.24, 2.45) is 0 Å². The van der Waals surface area contributed by atoms with Crippen molar-refractivity contribution in [3.8, 4) is 0 Å². The Balaban J connectivity index is 1.48. The largest absolute Gasteiger partial charge is 0.348 e. The highest BCUT2D eigenvalue weighted by Gasteiger charge is 2.15. The molecular weight excluding hydrogens is 342 g/mol. The highest BCUT2D eigenvalue weighted by atomic mass is 16.6. The van der Waals surface area contributed by atoms with Crippen LogP contribution in [-0.2, 0) is 17.9 Å². The van der Waals surface area contributed by atoms with E-state index in [-0.39, 0.29) is 11.6 Å². The molecule has 6 heteroatoms. The van der Waals surface area contributed by atoms with Crippen molar-refractivity contribution < 1.29 is 14.6 Å². The first-order valence-corrected chi connectivity index (χ1v) is 9.22. The fourth-order valence-corrected chi connectivity index (χ4v) is 3.28. The summed E-state index contributed by atoms with van der Waals surface area (Å²) in [4.78, 5) is 23.9. The molecule has 27 heavy (non-hydrogen) atoms. The molecule has 1 aliphatic heterocycles. The summed E-state index contributed by atoms with van der Waals surface area (Å²) in [7, 11) is 0. The van der Waals surface area contributed by atoms with Gasteiger partial charge in [0.2, 0.25) is 5.91 Å². The monoisotopic (exact) mass is 366 g/mol. The number of amides is 1. The van der Waals surface area contributed by atoms with Gasteiger partial charge >= 0.3 is 0 Å². The van der Waals surface area contributed by atoms with Gasteiger partial charge in [0.25, 0.3) is 5.69 Å². The molecule has 2 aromatic carbocycles. The van der Waals surface area contributed by atoms with Crippen LogP contribution in [0.2, 0.25) is 0 Å². The predicted octanol–water partition coefficient (Wildman–Crippen LogP) is 2.10. The molecule has 0 aliphatic carbocycles. The lowest BCUT2D eigenvalue weighted by atomic mass is 10.1. The molecule has 6 nitrogen and oxygen atoms in total. The number of nitrogens with one attached hydrogen (secondary N) is 2. The number of nitro benzene ring substituents is 1. The van der Waals surface area contributed by atoms with Crippen LogP contribution in [-0.4, -0.2) is 23.9 Å². The molecule has 0 unspecified atom stereocenters. The van der Waals surface area contributed by atoms with Gasteiger partial charge < -0.3 is 10.2 Å². The molecule has 1 heterocycles. The van der Waals surface area contributed by atoms with Crippen LogP contribution in [0.1, 0.15) is 29.5 Å². The topological polar surface area (TPSA) is 76.7 Å². The van der Waals surface area contributed by atoms with E-state index in [0.29, 0.717) is 12.1 Å². The Kier molecular flexibility index (Phi) is 6.33. The first kappa shape index (κ1) is 18.8. The number of benzene rings is 2. The van der Waals surface area contributed by atoms with Gasteiger partial charge in [-0.3, -0.25) is 14.9 Å². The van der Waals surface area contributed by atoms with Crippen LogP contribution in [0, 0.1) is 10.1 Å². The number of rotatable bonds is 7. The summed E-state index contributed by atoms with van der Waals surface area (Å²) in [6, 6.07) is 14.5. The second-order valence-corrected chi connectivity index (χ2v) is 6.85. The summed E-state index contributed by atoms with van der Waals surface area (Å²) in [5.41, 5.74) is 3.00. The molecule has 0 aromatic heterocycles. The lowest BCUT2D eigenvalue weighted by molar-refractivity contribution is -0.901. The van der Waals surface area contributed by atoms with Gasteiger partial charge in [-0.2, -0.15) is 0 Å². The maximum Gasteiger partial charge on any atom is 0.270 e. The molecule has 1 amide bonds. The van der Waals surface area contributed by atoms with Crippen LogP contribution in [0.5, 0.6) is 0 Å². The molecule has 1 aliphatic rings. The maximum absolute atomic E-state index is 12.0. The zero-order valence-corrected chi connectivity index (χ0v) is 15.2. The number of non-ortho nitro benzene ring substituents is 1. The summed E-state index contributed by atoms with van der Waals surface area (Å²) < 4.78 is 0. The zero-order valence-electron chi connectivity index (χ0n) is 15.2. The molecule has 0 saturated carbocycles. The highest BCUT2D eigenvalue weighted by molar-refractivity contribution is 5.91. The molecule has 0 spiro atoms. The smallest absolute Gasteiger partial charge is 0.270 e. The molecule has 140 valence electrons. The van der Waals surface area contributed by atoms with E-state index in [1.165, 1.54) is 49.7 Å². The van der Waals surface area contributed by atoms with Crippen molar-refractivity contribution in [2.75, 3.05) is 13.1 Å². The van der Waals surface area contributed by atoms with Crippen LogP contribution < -0.4 is 10.2 Å². The third-order valence-electron chi connectivity index (χ3n) is 4.76. The molecule has 2 N–H and O–H groups in total. The first-order chi connectivity index (χ1) is 13.1. The van der Waals surface area contributed by atoms with E-state index < -0.39 is 4.92 Å². The van der Waals surface area contributed by atoms with Crippen LogP contribution in [0.25, 0.3) is 6.08 Å². The average Bonchev–Trinajstić information content (AvgIpc) is 3.19. The molecule has 3 rings (SSSR count). The standard InChI is InChI=1S/C21H23N3O3/c25-21(11-10-17-4-3-5-20(14-17)24(26)27)22-15-18-6-8-19(9-7-18)16-23-12-1-2-13-23/h3-11,14H,1-2,12-13,15-16H2,(H,22,25)/p+1/b11-10+. The number of likely N-dealkylation sites (tertiary alicyclic amines) is 1. The summed E-state index contributed by atoms with van der Waals surface area (Å²) in [6.45, 7) is 4.04. The Morgan fingerprint density at radius 1 is 1.11 bits per heavy atom. The number of hydrogen-bond acceptors (Lipinski definition) is 3. The third-order valence-corrected chi connectivity index (χ3v) is 4.76.